The standard InChI is InChI=1S/C42H37N7O4S/c1-27-38(26-54-42-46-47-48-49(42)33-10-3-2-4-11-33)52-41(53-39(27)30-17-15-28(25-50)16-18-30)31-21-19-29(20-22-31)34-12-6-5-9-32(34)23-44-40(51)37-24-43-35-13-7-8-14-36(35)45-37/h2-22,24,27,38-39,41,50H,23,25-26H2,1H3,(H,44,51)/t27-,38+,39+,41+/m0/s1. The predicted molar refractivity (Wildman–Crippen MR) is 205 cm³/mol. The molecule has 5 aromatic carbocycles. The number of hydrogen-bond donors (Lipinski definition) is 2. The molecule has 270 valence electrons. The minimum absolute atomic E-state index is 0.00303. The smallest absolute Gasteiger partial charge is 0.271 e. The van der Waals surface area contributed by atoms with Crippen molar-refractivity contribution >= 4 is 28.7 Å². The number of aromatic nitrogens is 6. The average molecular weight is 736 g/mol. The van der Waals surface area contributed by atoms with Gasteiger partial charge in [-0.2, -0.15) is 4.68 Å². The third kappa shape index (κ3) is 7.64. The number of tetrazole rings is 1. The molecular weight excluding hydrogens is 699 g/mol. The lowest BCUT2D eigenvalue weighted by atomic mass is 9.91. The Hall–Kier alpha value is -5.79. The lowest BCUT2D eigenvalue weighted by molar-refractivity contribution is -0.268. The first kappa shape index (κ1) is 35.3. The lowest BCUT2D eigenvalue weighted by Crippen LogP contribution is -2.38. The quantitative estimate of drug-likeness (QED) is 0.131. The number of thioether (sulfide) groups is 1. The van der Waals surface area contributed by atoms with Gasteiger partial charge in [0, 0.05) is 23.8 Å². The molecule has 2 aromatic heterocycles. The molecule has 1 saturated heterocycles. The second kappa shape index (κ2) is 16.1. The summed E-state index contributed by atoms with van der Waals surface area (Å²) in [6, 6.07) is 41.3. The zero-order valence-corrected chi connectivity index (χ0v) is 30.2. The molecule has 12 heteroatoms. The maximum atomic E-state index is 13.1. The molecule has 11 nitrogen and oxygen atoms in total. The zero-order valence-electron chi connectivity index (χ0n) is 29.4. The van der Waals surface area contributed by atoms with E-state index in [9.17, 15) is 9.90 Å². The largest absolute Gasteiger partial charge is 0.392 e. The van der Waals surface area contributed by atoms with E-state index in [0.29, 0.717) is 23.0 Å². The van der Waals surface area contributed by atoms with Crippen molar-refractivity contribution in [3.8, 4) is 16.8 Å². The number of benzene rings is 5. The van der Waals surface area contributed by atoms with Crippen LogP contribution in [-0.4, -0.2) is 53.0 Å². The van der Waals surface area contributed by atoms with Crippen LogP contribution in [0.1, 0.15) is 52.1 Å². The summed E-state index contributed by atoms with van der Waals surface area (Å²) in [6.45, 7) is 2.43. The number of hydrogen-bond acceptors (Lipinski definition) is 10. The summed E-state index contributed by atoms with van der Waals surface area (Å²) in [7, 11) is 0. The van der Waals surface area contributed by atoms with Crippen molar-refractivity contribution in [2.75, 3.05) is 5.75 Å². The number of nitrogens with one attached hydrogen (secondary N) is 1. The van der Waals surface area contributed by atoms with Crippen LogP contribution in [0.4, 0.5) is 0 Å². The fraction of sp³-hybridized carbons (Fsp3) is 0.190. The maximum Gasteiger partial charge on any atom is 0.271 e. The number of nitrogens with zero attached hydrogens (tertiary/aromatic N) is 6. The molecule has 1 fully saturated rings. The molecule has 3 heterocycles. The summed E-state index contributed by atoms with van der Waals surface area (Å²) in [5.41, 5.74) is 8.26. The van der Waals surface area contributed by atoms with Crippen LogP contribution in [-0.2, 0) is 22.6 Å². The van der Waals surface area contributed by atoms with Gasteiger partial charge < -0.3 is 19.9 Å². The van der Waals surface area contributed by atoms with Gasteiger partial charge in [0.1, 0.15) is 5.69 Å². The molecule has 4 atom stereocenters. The Morgan fingerprint density at radius 3 is 2.35 bits per heavy atom. The number of ether oxygens (including phenoxy) is 2. The van der Waals surface area contributed by atoms with Crippen LogP contribution >= 0.6 is 11.8 Å². The Morgan fingerprint density at radius 2 is 1.56 bits per heavy atom. The van der Waals surface area contributed by atoms with Crippen LogP contribution in [0, 0.1) is 5.92 Å². The number of carbonyl (C=O) groups excluding carboxylic acids is 1. The van der Waals surface area contributed by atoms with E-state index in [1.165, 1.54) is 6.20 Å². The second-order valence-electron chi connectivity index (χ2n) is 13.0. The van der Waals surface area contributed by atoms with E-state index < -0.39 is 6.29 Å². The van der Waals surface area contributed by atoms with Crippen molar-refractivity contribution < 1.29 is 19.4 Å². The Balaban J connectivity index is 1.00. The highest BCUT2D eigenvalue weighted by molar-refractivity contribution is 7.99. The van der Waals surface area contributed by atoms with Crippen LogP contribution in [0.5, 0.6) is 0 Å². The lowest BCUT2D eigenvalue weighted by Gasteiger charge is -2.41. The van der Waals surface area contributed by atoms with Gasteiger partial charge in [-0.3, -0.25) is 9.78 Å². The summed E-state index contributed by atoms with van der Waals surface area (Å²) < 4.78 is 15.2. The Kier molecular flexibility index (Phi) is 10.5. The topological polar surface area (TPSA) is 137 Å². The van der Waals surface area contributed by atoms with Crippen molar-refractivity contribution in [3.05, 3.63) is 162 Å². The summed E-state index contributed by atoms with van der Waals surface area (Å²) >= 11 is 1.54. The Morgan fingerprint density at radius 1 is 0.833 bits per heavy atom. The van der Waals surface area contributed by atoms with E-state index in [4.69, 9.17) is 9.47 Å². The molecule has 8 rings (SSSR count). The summed E-state index contributed by atoms with van der Waals surface area (Å²) in [5.74, 6) is 0.308. The highest BCUT2D eigenvalue weighted by atomic mass is 32.2. The molecular formula is C42H37N7O4S. The van der Waals surface area contributed by atoms with Crippen molar-refractivity contribution in [1.29, 1.82) is 0 Å². The van der Waals surface area contributed by atoms with E-state index in [-0.39, 0.29) is 36.3 Å². The molecule has 1 aliphatic rings. The molecule has 1 amide bonds. The maximum absolute atomic E-state index is 13.1. The third-order valence-corrected chi connectivity index (χ3v) is 10.6. The molecule has 0 bridgehead atoms. The highest BCUT2D eigenvalue weighted by Gasteiger charge is 2.38. The van der Waals surface area contributed by atoms with Crippen LogP contribution in [0.15, 0.2) is 139 Å². The van der Waals surface area contributed by atoms with E-state index in [2.05, 4.69) is 49.9 Å². The van der Waals surface area contributed by atoms with Crippen molar-refractivity contribution in [2.45, 2.75) is 43.7 Å². The number of aliphatic hydroxyl groups excluding tert-OH is 1. The first-order valence-corrected chi connectivity index (χ1v) is 18.7. The summed E-state index contributed by atoms with van der Waals surface area (Å²) in [4.78, 5) is 21.9. The predicted octanol–water partition coefficient (Wildman–Crippen LogP) is 7.28. The molecule has 0 spiro atoms. The normalized spacial score (nSPS) is 18.4. The first-order chi connectivity index (χ1) is 26.5. The van der Waals surface area contributed by atoms with Gasteiger partial charge in [-0.25, -0.2) is 4.98 Å². The summed E-state index contributed by atoms with van der Waals surface area (Å²) in [6.07, 6.45) is 0.410. The second-order valence-corrected chi connectivity index (χ2v) is 14.0. The Labute approximate surface area is 316 Å². The Bertz CT molecular complexity index is 2360. The van der Waals surface area contributed by atoms with E-state index in [1.54, 1.807) is 16.4 Å². The van der Waals surface area contributed by atoms with Crippen LogP contribution in [0.3, 0.4) is 0 Å². The van der Waals surface area contributed by atoms with Crippen LogP contribution in [0.25, 0.3) is 27.8 Å². The monoisotopic (exact) mass is 735 g/mol. The number of fused-ring (bicyclic) bond motifs is 1. The summed E-state index contributed by atoms with van der Waals surface area (Å²) in [5, 5.41) is 25.8. The number of rotatable bonds is 11. The van der Waals surface area contributed by atoms with Crippen LogP contribution < -0.4 is 5.32 Å². The van der Waals surface area contributed by atoms with Gasteiger partial charge in [0.25, 0.3) is 5.91 Å². The van der Waals surface area contributed by atoms with Gasteiger partial charge in [-0.05, 0) is 62.5 Å². The zero-order chi connectivity index (χ0) is 36.9. The van der Waals surface area contributed by atoms with Gasteiger partial charge in [-0.1, -0.05) is 122 Å². The molecule has 0 unspecified atom stereocenters. The third-order valence-electron chi connectivity index (χ3n) is 9.57. The van der Waals surface area contributed by atoms with Crippen molar-refractivity contribution in [2.24, 2.45) is 5.92 Å². The van der Waals surface area contributed by atoms with E-state index in [0.717, 1.165) is 44.6 Å². The van der Waals surface area contributed by atoms with Crippen molar-refractivity contribution in [3.63, 3.8) is 0 Å². The molecule has 1 aliphatic heterocycles. The number of carbonyl (C=O) groups is 1. The van der Waals surface area contributed by atoms with Crippen molar-refractivity contribution in [1.82, 2.24) is 35.5 Å². The molecule has 54 heavy (non-hydrogen) atoms. The van der Waals surface area contributed by atoms with E-state index >= 15 is 0 Å². The van der Waals surface area contributed by atoms with Gasteiger partial charge >= 0.3 is 0 Å². The molecule has 0 aliphatic carbocycles. The highest BCUT2D eigenvalue weighted by Crippen LogP contribution is 2.43. The molecule has 0 saturated carbocycles. The fourth-order valence-corrected chi connectivity index (χ4v) is 7.63. The minimum atomic E-state index is -0.633. The number of amides is 1. The van der Waals surface area contributed by atoms with Gasteiger partial charge in [0.15, 0.2) is 6.29 Å². The first-order valence-electron chi connectivity index (χ1n) is 17.7. The average Bonchev–Trinajstić information content (AvgIpc) is 3.71. The van der Waals surface area contributed by atoms with E-state index in [1.807, 2.05) is 115 Å². The molecule has 0 radical (unpaired) electrons. The molecule has 2 N–H and O–H groups in total. The number of aliphatic hydroxyl groups is 1. The van der Waals surface area contributed by atoms with Crippen LogP contribution in [0.2, 0.25) is 0 Å². The van der Waals surface area contributed by atoms with Gasteiger partial charge in [-0.15, -0.1) is 5.10 Å². The van der Waals surface area contributed by atoms with Gasteiger partial charge in [0.05, 0.1) is 41.7 Å². The molecule has 7 aromatic rings. The minimum Gasteiger partial charge on any atom is -0.392 e. The fourth-order valence-electron chi connectivity index (χ4n) is 6.58. The van der Waals surface area contributed by atoms with Gasteiger partial charge in [0.2, 0.25) is 5.16 Å². The number of para-hydroxylation sites is 3. The SMILES string of the molecule is C[C@H]1[C@@H](CSc2nnnn2-c2ccccc2)O[C@@H](c2ccc(-c3ccccc3CNC(=O)c3cnc4ccccc4n3)cc2)O[C@H]1c1ccc(CO)cc1.